The van der Waals surface area contributed by atoms with E-state index in [2.05, 4.69) is 0 Å². The van der Waals surface area contributed by atoms with Gasteiger partial charge < -0.3 is 14.6 Å². The molecular weight excluding hydrogens is 317 g/mol. The van der Waals surface area contributed by atoms with Crippen LogP contribution in [0.1, 0.15) is 41.5 Å². The van der Waals surface area contributed by atoms with E-state index in [-0.39, 0.29) is 0 Å². The van der Waals surface area contributed by atoms with Gasteiger partial charge in [0.1, 0.15) is 11.5 Å². The van der Waals surface area contributed by atoms with E-state index in [4.69, 9.17) is 9.47 Å². The number of ether oxygens (including phenoxy) is 2. The van der Waals surface area contributed by atoms with E-state index in [1.54, 1.807) is 20.8 Å². The normalized spacial score (nSPS) is 27.3. The van der Waals surface area contributed by atoms with Gasteiger partial charge in [-0.15, -0.1) is 0 Å². The number of carbonyl (C=O) groups excluding carboxylic acids is 2. The van der Waals surface area contributed by atoms with Crippen molar-refractivity contribution in [2.75, 3.05) is 6.61 Å². The van der Waals surface area contributed by atoms with Crippen LogP contribution in [0.3, 0.4) is 0 Å². The van der Waals surface area contributed by atoms with Gasteiger partial charge in [-0.3, -0.25) is 4.79 Å². The first kappa shape index (κ1) is 19.7. The van der Waals surface area contributed by atoms with Crippen LogP contribution in [-0.4, -0.2) is 41.5 Å². The number of hydrogen-bond donors (Lipinski definition) is 1. The van der Waals surface area contributed by atoms with Crippen LogP contribution < -0.4 is 0 Å². The Morgan fingerprint density at radius 3 is 2.09 bits per heavy atom. The largest absolute Gasteiger partial charge is 0.456 e. The zero-order valence-electron chi connectivity index (χ0n) is 14.1. The van der Waals surface area contributed by atoms with E-state index >= 15 is 0 Å². The molecular formula is C15H23F3O5. The Morgan fingerprint density at radius 2 is 1.74 bits per heavy atom. The number of carbonyl (C=O) groups is 2. The van der Waals surface area contributed by atoms with Crippen molar-refractivity contribution < 1.29 is 37.3 Å². The molecule has 0 bridgehead atoms. The van der Waals surface area contributed by atoms with Crippen LogP contribution in [0.5, 0.6) is 0 Å². The molecule has 5 nitrogen and oxygen atoms in total. The van der Waals surface area contributed by atoms with Crippen LogP contribution in [-0.2, 0) is 19.1 Å². The number of esters is 2. The molecule has 3 unspecified atom stereocenters. The number of aliphatic hydroxyl groups is 1. The summed E-state index contributed by atoms with van der Waals surface area (Å²) < 4.78 is 49.4. The molecule has 1 rings (SSSR count). The Balaban J connectivity index is 3.16. The van der Waals surface area contributed by atoms with E-state index in [0.717, 1.165) is 13.8 Å². The van der Waals surface area contributed by atoms with E-state index in [9.17, 15) is 27.9 Å². The fourth-order valence-electron chi connectivity index (χ4n) is 2.42. The van der Waals surface area contributed by atoms with Gasteiger partial charge in [0.2, 0.25) is 6.10 Å². The van der Waals surface area contributed by atoms with Crippen molar-refractivity contribution in [1.29, 1.82) is 0 Å². The molecule has 134 valence electrons. The van der Waals surface area contributed by atoms with Crippen LogP contribution >= 0.6 is 0 Å². The smallest absolute Gasteiger partial charge is 0.399 e. The molecule has 1 N–H and O–H groups in total. The summed E-state index contributed by atoms with van der Waals surface area (Å²) in [7, 11) is 0. The molecule has 0 radical (unpaired) electrons. The van der Waals surface area contributed by atoms with Gasteiger partial charge in [-0.05, 0) is 26.2 Å². The summed E-state index contributed by atoms with van der Waals surface area (Å²) in [5.41, 5.74) is -4.08. The van der Waals surface area contributed by atoms with Crippen molar-refractivity contribution in [3.8, 4) is 0 Å². The van der Waals surface area contributed by atoms with Crippen molar-refractivity contribution in [3.05, 3.63) is 0 Å². The standard InChI is InChI=1S/C15H23F3O5/c1-12(2,3)14(6,7-19)11(21)22-8-9(15(16,17)18)13(4,5)23-10(8)20/h8-9,19H,7H2,1-6H3. The Bertz CT molecular complexity index is 492. The quantitative estimate of drug-likeness (QED) is 0.799. The van der Waals surface area contributed by atoms with Crippen LogP contribution in [0.4, 0.5) is 13.2 Å². The Kier molecular flexibility index (Phi) is 4.85. The van der Waals surface area contributed by atoms with Gasteiger partial charge in [0.05, 0.1) is 12.0 Å². The minimum atomic E-state index is -4.78. The molecule has 0 amide bonds. The lowest BCUT2D eigenvalue weighted by molar-refractivity contribution is -0.224. The summed E-state index contributed by atoms with van der Waals surface area (Å²) in [5.74, 6) is -4.57. The average molecular weight is 340 g/mol. The van der Waals surface area contributed by atoms with Crippen LogP contribution in [0.2, 0.25) is 0 Å². The minimum Gasteiger partial charge on any atom is -0.456 e. The van der Waals surface area contributed by atoms with E-state index in [0.29, 0.717) is 0 Å². The molecule has 0 spiro atoms. The second-order valence-electron chi connectivity index (χ2n) is 7.61. The molecule has 0 aromatic heterocycles. The Morgan fingerprint density at radius 1 is 1.26 bits per heavy atom. The van der Waals surface area contributed by atoms with Crippen molar-refractivity contribution in [1.82, 2.24) is 0 Å². The van der Waals surface area contributed by atoms with E-state index in [1.165, 1.54) is 6.92 Å². The fraction of sp³-hybridized carbons (Fsp3) is 0.867. The highest BCUT2D eigenvalue weighted by Gasteiger charge is 2.65. The van der Waals surface area contributed by atoms with Gasteiger partial charge in [0, 0.05) is 0 Å². The third-order valence-corrected chi connectivity index (χ3v) is 4.66. The predicted octanol–water partition coefficient (Wildman–Crippen LogP) is 2.46. The molecule has 1 fully saturated rings. The molecule has 8 heteroatoms. The molecule has 1 saturated heterocycles. The summed E-state index contributed by atoms with van der Waals surface area (Å²) in [6, 6.07) is 0. The summed E-state index contributed by atoms with van der Waals surface area (Å²) in [6.07, 6.45) is -6.86. The van der Waals surface area contributed by atoms with Crippen molar-refractivity contribution >= 4 is 11.9 Å². The van der Waals surface area contributed by atoms with E-state index in [1.807, 2.05) is 0 Å². The first-order chi connectivity index (χ1) is 10.1. The molecule has 0 aromatic rings. The van der Waals surface area contributed by atoms with Crippen molar-refractivity contribution in [2.24, 2.45) is 16.7 Å². The number of hydrogen-bond acceptors (Lipinski definition) is 5. The lowest BCUT2D eigenvalue weighted by atomic mass is 9.68. The monoisotopic (exact) mass is 340 g/mol. The zero-order chi connectivity index (χ0) is 18.4. The van der Waals surface area contributed by atoms with Gasteiger partial charge in [0.25, 0.3) is 0 Å². The highest BCUT2D eigenvalue weighted by molar-refractivity contribution is 5.84. The Labute approximate surface area is 133 Å². The number of halogens is 3. The molecule has 23 heavy (non-hydrogen) atoms. The highest BCUT2D eigenvalue weighted by atomic mass is 19.4. The number of cyclic esters (lactones) is 1. The molecule has 1 heterocycles. The molecule has 0 aromatic carbocycles. The summed E-state index contributed by atoms with van der Waals surface area (Å²) in [6.45, 7) is 7.91. The predicted molar refractivity (Wildman–Crippen MR) is 74.2 cm³/mol. The third-order valence-electron chi connectivity index (χ3n) is 4.66. The number of aliphatic hydroxyl groups excluding tert-OH is 1. The third kappa shape index (κ3) is 3.46. The van der Waals surface area contributed by atoms with Crippen LogP contribution in [0, 0.1) is 16.7 Å². The maximum absolute atomic E-state index is 13.3. The number of alkyl halides is 3. The van der Waals surface area contributed by atoms with Crippen LogP contribution in [0.25, 0.3) is 0 Å². The summed E-state index contributed by atoms with van der Waals surface area (Å²) in [4.78, 5) is 24.2. The Hall–Kier alpha value is -1.31. The van der Waals surface area contributed by atoms with Gasteiger partial charge in [-0.1, -0.05) is 20.8 Å². The maximum Gasteiger partial charge on any atom is 0.399 e. The molecule has 0 saturated carbocycles. The van der Waals surface area contributed by atoms with Gasteiger partial charge in [-0.2, -0.15) is 13.2 Å². The zero-order valence-corrected chi connectivity index (χ0v) is 14.1. The number of rotatable bonds is 3. The van der Waals surface area contributed by atoms with Crippen molar-refractivity contribution in [2.45, 2.75) is 59.4 Å². The SMILES string of the molecule is CC1(C)OC(=O)C(OC(=O)C(C)(CO)C(C)(C)C)C1C(F)(F)F. The first-order valence-electron chi connectivity index (χ1n) is 7.19. The van der Waals surface area contributed by atoms with Crippen LogP contribution in [0.15, 0.2) is 0 Å². The van der Waals surface area contributed by atoms with Gasteiger partial charge in [0.15, 0.2) is 0 Å². The lowest BCUT2D eigenvalue weighted by Crippen LogP contribution is -2.50. The summed E-state index contributed by atoms with van der Waals surface area (Å²) >= 11 is 0. The minimum absolute atomic E-state index is 0.628. The van der Waals surface area contributed by atoms with Gasteiger partial charge in [-0.25, -0.2) is 4.79 Å². The molecule has 3 atom stereocenters. The van der Waals surface area contributed by atoms with E-state index < -0.39 is 53.2 Å². The maximum atomic E-state index is 13.3. The second-order valence-corrected chi connectivity index (χ2v) is 7.61. The first-order valence-corrected chi connectivity index (χ1v) is 7.19. The average Bonchev–Trinajstić information content (AvgIpc) is 2.55. The topological polar surface area (TPSA) is 72.8 Å². The van der Waals surface area contributed by atoms with Gasteiger partial charge >= 0.3 is 18.1 Å². The highest BCUT2D eigenvalue weighted by Crippen LogP contribution is 2.46. The molecule has 1 aliphatic heterocycles. The fourth-order valence-corrected chi connectivity index (χ4v) is 2.42. The molecule has 0 aliphatic carbocycles. The molecule has 1 aliphatic rings. The van der Waals surface area contributed by atoms with Crippen molar-refractivity contribution in [3.63, 3.8) is 0 Å². The second kappa shape index (κ2) is 5.65. The summed E-state index contributed by atoms with van der Waals surface area (Å²) in [5, 5.41) is 9.52. The lowest BCUT2D eigenvalue weighted by Gasteiger charge is -2.38.